The van der Waals surface area contributed by atoms with Crippen LogP contribution in [0.3, 0.4) is 0 Å². The van der Waals surface area contributed by atoms with E-state index in [1.165, 1.54) is 0 Å². The molecule has 0 radical (unpaired) electrons. The van der Waals surface area contributed by atoms with Crippen molar-refractivity contribution < 1.29 is 34.0 Å². The molecule has 3 fully saturated rings. The average molecular weight is 633 g/mol. The van der Waals surface area contributed by atoms with E-state index in [9.17, 15) is 9.90 Å². The Kier molecular flexibility index (Phi) is 19.5. The van der Waals surface area contributed by atoms with Crippen LogP contribution < -0.4 is 45.0 Å². The van der Waals surface area contributed by atoms with Gasteiger partial charge in [-0.15, -0.1) is 0 Å². The van der Waals surface area contributed by atoms with Crippen molar-refractivity contribution in [2.45, 2.75) is 119 Å². The molecule has 258 valence electrons. The second kappa shape index (κ2) is 22.1. The molecule has 3 aliphatic heterocycles. The fraction of sp³-hybridized carbons (Fsp3) is 0.897. The maximum Gasteiger partial charge on any atom is 0.220 e. The molecule has 0 aromatic rings. The van der Waals surface area contributed by atoms with Gasteiger partial charge in [-0.2, -0.15) is 0 Å². The van der Waals surface area contributed by atoms with Gasteiger partial charge in [0.15, 0.2) is 12.6 Å². The van der Waals surface area contributed by atoms with E-state index in [1.54, 1.807) is 0 Å². The second-order valence-electron chi connectivity index (χ2n) is 11.8. The van der Waals surface area contributed by atoms with Crippen molar-refractivity contribution in [2.75, 3.05) is 45.9 Å². The van der Waals surface area contributed by atoms with E-state index >= 15 is 0 Å². The molecule has 0 spiro atoms. The SMILES string of the molecule is NCCCC(=O)NC1CC(N)CC(OC2CCC(CN)O2)C1.NCCNCC1=CCCCO1.NC[C@H]1CC(O)[C@@H](N)[C@@H](O)O1. The molecular weight excluding hydrogens is 572 g/mol. The van der Waals surface area contributed by atoms with Crippen molar-refractivity contribution in [2.24, 2.45) is 34.4 Å². The number of hydrogen-bond acceptors (Lipinski definition) is 14. The smallest absolute Gasteiger partial charge is 0.220 e. The molecule has 4 rings (SSSR count). The lowest BCUT2D eigenvalue weighted by Crippen LogP contribution is -2.54. The number of hydrogen-bond donors (Lipinski definition) is 10. The van der Waals surface area contributed by atoms with Gasteiger partial charge in [0.2, 0.25) is 5.91 Å². The molecule has 1 aliphatic carbocycles. The summed E-state index contributed by atoms with van der Waals surface area (Å²) in [6, 6.07) is -0.589. The van der Waals surface area contributed by atoms with Crippen LogP contribution in [0.1, 0.15) is 64.2 Å². The monoisotopic (exact) mass is 632 g/mol. The Morgan fingerprint density at radius 2 is 1.75 bits per heavy atom. The van der Waals surface area contributed by atoms with E-state index in [2.05, 4.69) is 16.7 Å². The zero-order chi connectivity index (χ0) is 32.3. The summed E-state index contributed by atoms with van der Waals surface area (Å²) in [5, 5.41) is 24.5. The first-order valence-electron chi connectivity index (χ1n) is 16.1. The summed E-state index contributed by atoms with van der Waals surface area (Å²) in [5.41, 5.74) is 33.1. The molecule has 6 unspecified atom stereocenters. The van der Waals surface area contributed by atoms with Crippen LogP contribution in [0, 0.1) is 0 Å². The van der Waals surface area contributed by atoms with Crippen LogP contribution in [0.5, 0.6) is 0 Å². The number of carbonyl (C=O) groups is 1. The fourth-order valence-corrected chi connectivity index (χ4v) is 5.42. The maximum absolute atomic E-state index is 11.8. The van der Waals surface area contributed by atoms with Crippen LogP contribution in [-0.4, -0.2) is 117 Å². The number of amides is 1. The Morgan fingerprint density at radius 3 is 2.36 bits per heavy atom. The second-order valence-corrected chi connectivity index (χ2v) is 11.8. The lowest BCUT2D eigenvalue weighted by Gasteiger charge is -2.34. The summed E-state index contributed by atoms with van der Waals surface area (Å²) in [6.45, 7) is 4.61. The highest BCUT2D eigenvalue weighted by atomic mass is 16.7. The summed E-state index contributed by atoms with van der Waals surface area (Å²) in [6.07, 6.45) is 8.11. The number of ether oxygens (including phenoxy) is 4. The highest BCUT2D eigenvalue weighted by molar-refractivity contribution is 5.76. The van der Waals surface area contributed by atoms with Crippen molar-refractivity contribution in [1.29, 1.82) is 0 Å². The minimum Gasteiger partial charge on any atom is -0.497 e. The lowest BCUT2D eigenvalue weighted by atomic mass is 9.89. The molecule has 1 saturated carbocycles. The molecule has 0 aromatic carbocycles. The van der Waals surface area contributed by atoms with E-state index in [0.717, 1.165) is 70.4 Å². The van der Waals surface area contributed by atoms with Gasteiger partial charge in [-0.25, -0.2) is 0 Å². The van der Waals surface area contributed by atoms with E-state index < -0.39 is 18.4 Å². The lowest BCUT2D eigenvalue weighted by molar-refractivity contribution is -0.197. The van der Waals surface area contributed by atoms with Crippen LogP contribution in [0.2, 0.25) is 0 Å². The molecule has 0 bridgehead atoms. The van der Waals surface area contributed by atoms with Gasteiger partial charge in [0.1, 0.15) is 5.76 Å². The molecule has 15 nitrogen and oxygen atoms in total. The third kappa shape index (κ3) is 15.2. The molecule has 0 aromatic heterocycles. The standard InChI is InChI=1S/C15H30N4O3.C8H16N2O.C6H14N2O3/c16-5-1-2-14(20)19-11-6-10(18)7-13(8-11)22-15-4-3-12(9-17)21-15;9-4-5-10-7-8-3-1-2-6-11-8;7-2-3-1-4(9)5(8)6(10)11-3/h10-13,15H,1-9,16-18H2,(H,19,20);3,10H,1-2,4-7,9H2;3-6,9-10H,1-2,7-8H2/t;;3-,4?,5-,6+/m..1/s1. The Bertz CT molecular complexity index is 802. The third-order valence-corrected chi connectivity index (χ3v) is 7.85. The normalized spacial score (nSPS) is 33.5. The Morgan fingerprint density at radius 1 is 0.977 bits per heavy atom. The number of nitrogens with two attached hydrogens (primary N) is 6. The van der Waals surface area contributed by atoms with Gasteiger partial charge in [0, 0.05) is 57.5 Å². The first-order chi connectivity index (χ1) is 21.2. The van der Waals surface area contributed by atoms with E-state index in [4.69, 9.17) is 58.5 Å². The summed E-state index contributed by atoms with van der Waals surface area (Å²) in [4.78, 5) is 11.8. The molecule has 1 amide bonds. The van der Waals surface area contributed by atoms with E-state index in [-0.39, 0.29) is 42.6 Å². The van der Waals surface area contributed by atoms with E-state index in [0.29, 0.717) is 45.4 Å². The highest BCUT2D eigenvalue weighted by Crippen LogP contribution is 2.27. The molecular formula is C29H60N8O7. The van der Waals surface area contributed by atoms with Gasteiger partial charge < -0.3 is 74.2 Å². The average Bonchev–Trinajstić information content (AvgIpc) is 3.47. The minimum atomic E-state index is -1.09. The first-order valence-corrected chi connectivity index (χ1v) is 16.1. The molecule has 3 heterocycles. The number of aliphatic hydroxyl groups excluding tert-OH is 2. The van der Waals surface area contributed by atoms with Crippen molar-refractivity contribution in [3.63, 3.8) is 0 Å². The van der Waals surface area contributed by atoms with E-state index in [1.807, 2.05) is 0 Å². The molecule has 2 saturated heterocycles. The maximum atomic E-state index is 11.8. The number of carbonyl (C=O) groups excluding carboxylic acids is 1. The number of nitrogens with one attached hydrogen (secondary N) is 2. The summed E-state index contributed by atoms with van der Waals surface area (Å²) < 4.78 is 22.1. The largest absolute Gasteiger partial charge is 0.497 e. The van der Waals surface area contributed by atoms with Crippen LogP contribution in [0.4, 0.5) is 0 Å². The molecule has 4 aliphatic rings. The Hall–Kier alpha value is -1.47. The zero-order valence-corrected chi connectivity index (χ0v) is 26.2. The summed E-state index contributed by atoms with van der Waals surface area (Å²) >= 11 is 0. The van der Waals surface area contributed by atoms with Crippen LogP contribution in [0.15, 0.2) is 11.8 Å². The van der Waals surface area contributed by atoms with Crippen molar-refractivity contribution in [3.8, 4) is 0 Å². The highest BCUT2D eigenvalue weighted by Gasteiger charge is 2.34. The molecule has 16 N–H and O–H groups in total. The predicted octanol–water partition coefficient (Wildman–Crippen LogP) is -2.46. The predicted molar refractivity (Wildman–Crippen MR) is 168 cm³/mol. The third-order valence-electron chi connectivity index (χ3n) is 7.85. The van der Waals surface area contributed by atoms with Crippen molar-refractivity contribution >= 4 is 5.91 Å². The topological polar surface area (TPSA) is 275 Å². The number of allylic oxidation sites excluding steroid dienone is 1. The fourth-order valence-electron chi connectivity index (χ4n) is 5.42. The van der Waals surface area contributed by atoms with Crippen molar-refractivity contribution in [1.82, 2.24) is 10.6 Å². The molecule has 9 atom stereocenters. The number of aliphatic hydroxyl groups is 2. The van der Waals surface area contributed by atoms with Crippen LogP contribution >= 0.6 is 0 Å². The minimum absolute atomic E-state index is 0.0325. The summed E-state index contributed by atoms with van der Waals surface area (Å²) in [5.74, 6) is 1.12. The van der Waals surface area contributed by atoms with Gasteiger partial charge in [-0.1, -0.05) is 0 Å². The van der Waals surface area contributed by atoms with Gasteiger partial charge in [-0.05, 0) is 57.6 Å². The zero-order valence-electron chi connectivity index (χ0n) is 26.2. The van der Waals surface area contributed by atoms with Gasteiger partial charge in [0.25, 0.3) is 0 Å². The summed E-state index contributed by atoms with van der Waals surface area (Å²) in [7, 11) is 0. The van der Waals surface area contributed by atoms with Gasteiger partial charge in [0.05, 0.1) is 43.6 Å². The van der Waals surface area contributed by atoms with Crippen molar-refractivity contribution in [3.05, 3.63) is 11.8 Å². The first kappa shape index (κ1) is 38.7. The Balaban J connectivity index is 0.000000257. The molecule has 15 heteroatoms. The quantitative estimate of drug-likeness (QED) is 0.1000. The number of rotatable bonds is 12. The molecule has 44 heavy (non-hydrogen) atoms. The Labute approximate surface area is 262 Å². The van der Waals surface area contributed by atoms with Gasteiger partial charge in [-0.3, -0.25) is 4.79 Å². The van der Waals surface area contributed by atoms with Crippen LogP contribution in [-0.2, 0) is 23.7 Å². The van der Waals surface area contributed by atoms with Gasteiger partial charge >= 0.3 is 0 Å². The van der Waals surface area contributed by atoms with Crippen LogP contribution in [0.25, 0.3) is 0 Å².